The summed E-state index contributed by atoms with van der Waals surface area (Å²) >= 11 is 0. The van der Waals surface area contributed by atoms with Crippen molar-refractivity contribution in [2.45, 2.75) is 32.7 Å². The van der Waals surface area contributed by atoms with Gasteiger partial charge in [-0.3, -0.25) is 4.90 Å². The summed E-state index contributed by atoms with van der Waals surface area (Å²) in [5.41, 5.74) is 2.07. The van der Waals surface area contributed by atoms with E-state index in [1.54, 1.807) is 6.92 Å². The minimum absolute atomic E-state index is 0.223. The fourth-order valence-electron chi connectivity index (χ4n) is 1.88. The Balaban J connectivity index is 2.80. The van der Waals surface area contributed by atoms with Gasteiger partial charge in [0.1, 0.15) is 6.04 Å². The molecule has 110 valence electrons. The summed E-state index contributed by atoms with van der Waals surface area (Å²) in [4.78, 5) is 24.1. The van der Waals surface area contributed by atoms with E-state index < -0.39 is 18.1 Å². The number of rotatable bonds is 6. The predicted molar refractivity (Wildman–Crippen MR) is 75.7 cm³/mol. The molecule has 1 N–H and O–H groups in total. The molecular formula is C15H21NO4. The Kier molecular flexibility index (Phi) is 6.03. The van der Waals surface area contributed by atoms with Crippen LogP contribution in [0.3, 0.4) is 0 Å². The average Bonchev–Trinajstić information content (AvgIpc) is 2.44. The summed E-state index contributed by atoms with van der Waals surface area (Å²) in [5, 5.41) is 9.27. The van der Waals surface area contributed by atoms with Crippen LogP contribution >= 0.6 is 0 Å². The number of aliphatic carboxylic acids is 1. The first-order chi connectivity index (χ1) is 9.49. The second-order valence-corrected chi connectivity index (χ2v) is 4.54. The van der Waals surface area contributed by atoms with Crippen LogP contribution in [0.5, 0.6) is 0 Å². The lowest BCUT2D eigenvalue weighted by Gasteiger charge is -2.24. The van der Waals surface area contributed by atoms with Gasteiger partial charge in [-0.05, 0) is 24.5 Å². The highest BCUT2D eigenvalue weighted by Crippen LogP contribution is 2.11. The maximum Gasteiger partial charge on any atom is 0.410 e. The lowest BCUT2D eigenvalue weighted by Crippen LogP contribution is -2.44. The number of carboxylic acid groups (broad SMARTS) is 1. The van der Waals surface area contributed by atoms with Crippen LogP contribution in [0.2, 0.25) is 0 Å². The van der Waals surface area contributed by atoms with Crippen LogP contribution in [0, 0.1) is 0 Å². The zero-order valence-electron chi connectivity index (χ0n) is 12.1. The summed E-state index contributed by atoms with van der Waals surface area (Å²) in [6.07, 6.45) is 0.574. The van der Waals surface area contributed by atoms with Gasteiger partial charge in [-0.1, -0.05) is 31.2 Å². The molecule has 0 bridgehead atoms. The summed E-state index contributed by atoms with van der Waals surface area (Å²) < 4.78 is 4.83. The van der Waals surface area contributed by atoms with Gasteiger partial charge in [-0.2, -0.15) is 0 Å². The molecule has 1 amide bonds. The molecule has 0 saturated carbocycles. The predicted octanol–water partition coefficient (Wildman–Crippen LogP) is 2.33. The zero-order valence-corrected chi connectivity index (χ0v) is 12.1. The van der Waals surface area contributed by atoms with Crippen LogP contribution in [-0.2, 0) is 22.4 Å². The number of ether oxygens (including phenoxy) is 1. The number of nitrogens with zero attached hydrogens (tertiary/aromatic N) is 1. The van der Waals surface area contributed by atoms with Gasteiger partial charge < -0.3 is 9.84 Å². The highest BCUT2D eigenvalue weighted by Gasteiger charge is 2.27. The molecule has 0 fully saturated rings. The molecule has 0 spiro atoms. The molecule has 1 aromatic carbocycles. The number of likely N-dealkylation sites (N-methyl/N-ethyl adjacent to an activating group) is 1. The average molecular weight is 279 g/mol. The standard InChI is InChI=1S/C15H21NO4/c1-4-11-6-8-12(9-7-11)10-13(14(17)18)16(3)15(19)20-5-2/h6-9,13H,4-5,10H2,1-3H3,(H,17,18)/t13-/m0/s1. The molecule has 5 heteroatoms. The van der Waals surface area contributed by atoms with Crippen molar-refractivity contribution in [1.29, 1.82) is 0 Å². The van der Waals surface area contributed by atoms with E-state index in [1.165, 1.54) is 12.6 Å². The van der Waals surface area contributed by atoms with Gasteiger partial charge in [-0.25, -0.2) is 9.59 Å². The number of carbonyl (C=O) groups excluding carboxylic acids is 1. The van der Waals surface area contributed by atoms with Crippen LogP contribution in [0.4, 0.5) is 4.79 Å². The van der Waals surface area contributed by atoms with Crippen molar-refractivity contribution in [3.63, 3.8) is 0 Å². The lowest BCUT2D eigenvalue weighted by molar-refractivity contribution is -0.142. The van der Waals surface area contributed by atoms with Crippen molar-refractivity contribution in [2.75, 3.05) is 13.7 Å². The molecule has 0 unspecified atom stereocenters. The lowest BCUT2D eigenvalue weighted by atomic mass is 10.0. The Morgan fingerprint density at radius 3 is 2.20 bits per heavy atom. The molecule has 1 aromatic rings. The monoisotopic (exact) mass is 279 g/mol. The van der Waals surface area contributed by atoms with E-state index in [0.717, 1.165) is 16.9 Å². The van der Waals surface area contributed by atoms with Gasteiger partial charge in [0.25, 0.3) is 0 Å². The summed E-state index contributed by atoms with van der Waals surface area (Å²) in [7, 11) is 1.44. The smallest absolute Gasteiger partial charge is 0.410 e. The number of benzene rings is 1. The van der Waals surface area contributed by atoms with Crippen molar-refractivity contribution in [1.82, 2.24) is 4.90 Å². The van der Waals surface area contributed by atoms with Crippen molar-refractivity contribution in [3.8, 4) is 0 Å². The molecule has 0 aromatic heterocycles. The Labute approximate surface area is 119 Å². The molecule has 1 atom stereocenters. The van der Waals surface area contributed by atoms with E-state index in [-0.39, 0.29) is 13.0 Å². The van der Waals surface area contributed by atoms with E-state index in [9.17, 15) is 14.7 Å². The Morgan fingerprint density at radius 1 is 1.20 bits per heavy atom. The number of carboxylic acids is 1. The first-order valence-corrected chi connectivity index (χ1v) is 6.69. The van der Waals surface area contributed by atoms with E-state index in [0.29, 0.717) is 0 Å². The summed E-state index contributed by atoms with van der Waals surface area (Å²) in [5.74, 6) is -1.04. The topological polar surface area (TPSA) is 66.8 Å². The fraction of sp³-hybridized carbons (Fsp3) is 0.467. The normalized spacial score (nSPS) is 11.8. The molecule has 0 aliphatic carbocycles. The Hall–Kier alpha value is -2.04. The zero-order chi connectivity index (χ0) is 15.1. The Morgan fingerprint density at radius 2 is 1.75 bits per heavy atom. The van der Waals surface area contributed by atoms with Crippen molar-refractivity contribution < 1.29 is 19.4 Å². The quantitative estimate of drug-likeness (QED) is 0.868. The molecule has 5 nitrogen and oxygen atoms in total. The molecule has 0 aliphatic rings. The molecule has 20 heavy (non-hydrogen) atoms. The van der Waals surface area contributed by atoms with E-state index in [2.05, 4.69) is 6.92 Å². The largest absolute Gasteiger partial charge is 0.480 e. The molecule has 0 heterocycles. The molecule has 1 rings (SSSR count). The minimum Gasteiger partial charge on any atom is -0.480 e. The first-order valence-electron chi connectivity index (χ1n) is 6.69. The van der Waals surface area contributed by atoms with Crippen LogP contribution in [-0.4, -0.2) is 41.8 Å². The van der Waals surface area contributed by atoms with E-state index >= 15 is 0 Å². The summed E-state index contributed by atoms with van der Waals surface area (Å²) in [6, 6.07) is 6.81. The number of aryl methyl sites for hydroxylation is 1. The SMILES string of the molecule is CCOC(=O)N(C)[C@@H](Cc1ccc(CC)cc1)C(=O)O. The van der Waals surface area contributed by atoms with Crippen LogP contribution in [0.15, 0.2) is 24.3 Å². The van der Waals surface area contributed by atoms with Crippen molar-refractivity contribution in [2.24, 2.45) is 0 Å². The van der Waals surface area contributed by atoms with Gasteiger partial charge in [0.2, 0.25) is 0 Å². The molecule has 0 aliphatic heterocycles. The maximum atomic E-state index is 11.6. The fourth-order valence-corrected chi connectivity index (χ4v) is 1.88. The molecule has 0 saturated heterocycles. The van der Waals surface area contributed by atoms with Crippen LogP contribution in [0.1, 0.15) is 25.0 Å². The number of hydrogen-bond donors (Lipinski definition) is 1. The highest BCUT2D eigenvalue weighted by atomic mass is 16.6. The summed E-state index contributed by atoms with van der Waals surface area (Å²) in [6.45, 7) is 3.97. The second kappa shape index (κ2) is 7.53. The minimum atomic E-state index is -1.04. The number of carbonyl (C=O) groups is 2. The molecule has 0 radical (unpaired) electrons. The van der Waals surface area contributed by atoms with Gasteiger partial charge in [0.15, 0.2) is 0 Å². The third-order valence-electron chi connectivity index (χ3n) is 3.17. The third kappa shape index (κ3) is 4.26. The maximum absolute atomic E-state index is 11.6. The van der Waals surface area contributed by atoms with Crippen LogP contribution < -0.4 is 0 Å². The number of amides is 1. The van der Waals surface area contributed by atoms with Crippen molar-refractivity contribution >= 4 is 12.1 Å². The first kappa shape index (κ1) is 16.0. The molecular weight excluding hydrogens is 258 g/mol. The number of hydrogen-bond acceptors (Lipinski definition) is 3. The highest BCUT2D eigenvalue weighted by molar-refractivity contribution is 5.80. The van der Waals surface area contributed by atoms with Gasteiger partial charge in [0, 0.05) is 13.5 Å². The Bertz CT molecular complexity index is 455. The van der Waals surface area contributed by atoms with Gasteiger partial charge >= 0.3 is 12.1 Å². The van der Waals surface area contributed by atoms with Crippen molar-refractivity contribution in [3.05, 3.63) is 35.4 Å². The second-order valence-electron chi connectivity index (χ2n) is 4.54. The van der Waals surface area contributed by atoms with E-state index in [1.807, 2.05) is 24.3 Å². The van der Waals surface area contributed by atoms with E-state index in [4.69, 9.17) is 4.74 Å². The van der Waals surface area contributed by atoms with Gasteiger partial charge in [-0.15, -0.1) is 0 Å². The van der Waals surface area contributed by atoms with Crippen LogP contribution in [0.25, 0.3) is 0 Å². The third-order valence-corrected chi connectivity index (χ3v) is 3.17. The van der Waals surface area contributed by atoms with Gasteiger partial charge in [0.05, 0.1) is 6.61 Å².